The topological polar surface area (TPSA) is 18.5 Å². The zero-order valence-corrected chi connectivity index (χ0v) is 13.9. The molecule has 0 fully saturated rings. The van der Waals surface area contributed by atoms with Gasteiger partial charge >= 0.3 is 0 Å². The molecule has 5 heteroatoms. The molecule has 0 amide bonds. The Kier molecular flexibility index (Phi) is 4.75. The van der Waals surface area contributed by atoms with E-state index in [-0.39, 0.29) is 5.82 Å². The summed E-state index contributed by atoms with van der Waals surface area (Å²) < 4.78 is 25.3. The number of halogens is 2. The average molecular weight is 379 g/mol. The lowest BCUT2D eigenvalue weighted by atomic mass is 10.3. The molecule has 112 valence electrons. The third-order valence-corrected chi connectivity index (χ3v) is 4.48. The average Bonchev–Trinajstić information content (AvgIpc) is 2.94. The smallest absolute Gasteiger partial charge is 0.127 e. The molecule has 0 bridgehead atoms. The van der Waals surface area contributed by atoms with E-state index >= 15 is 0 Å². The molecule has 0 radical (unpaired) electrons. The van der Waals surface area contributed by atoms with Crippen LogP contribution in [0.4, 0.5) is 4.39 Å². The van der Waals surface area contributed by atoms with Gasteiger partial charge in [-0.2, -0.15) is 0 Å². The maximum absolute atomic E-state index is 12.8. The van der Waals surface area contributed by atoms with Gasteiger partial charge in [-0.25, -0.2) is 4.39 Å². The molecule has 0 saturated carbocycles. The molecule has 3 rings (SSSR count). The van der Waals surface area contributed by atoms with Gasteiger partial charge in [0.05, 0.1) is 3.79 Å². The molecule has 0 saturated heterocycles. The maximum Gasteiger partial charge on any atom is 0.127 e. The van der Waals surface area contributed by atoms with Gasteiger partial charge in [0.2, 0.25) is 0 Å². The Morgan fingerprint density at radius 3 is 2.00 bits per heavy atom. The summed E-state index contributed by atoms with van der Waals surface area (Å²) in [5.41, 5.74) is 0. The molecule has 0 aliphatic heterocycles. The van der Waals surface area contributed by atoms with Crippen LogP contribution >= 0.6 is 27.3 Å². The number of rotatable bonds is 5. The van der Waals surface area contributed by atoms with Crippen LogP contribution in [0.5, 0.6) is 17.2 Å². The van der Waals surface area contributed by atoms with Gasteiger partial charge in [0.25, 0.3) is 0 Å². The Bertz CT molecular complexity index is 738. The lowest BCUT2D eigenvalue weighted by molar-refractivity contribution is 0.309. The van der Waals surface area contributed by atoms with Crippen LogP contribution in [0, 0.1) is 5.82 Å². The summed E-state index contributed by atoms with van der Waals surface area (Å²) in [7, 11) is 0. The number of ether oxygens (including phenoxy) is 2. The SMILES string of the molecule is Fc1ccc(Oc2ccc(OCc3ccc(Br)s3)cc2)cc1. The van der Waals surface area contributed by atoms with Gasteiger partial charge in [-0.05, 0) is 76.6 Å². The minimum absolute atomic E-state index is 0.281. The molecule has 2 nitrogen and oxygen atoms in total. The van der Waals surface area contributed by atoms with Crippen LogP contribution in [0.3, 0.4) is 0 Å². The lowest BCUT2D eigenvalue weighted by Gasteiger charge is -2.08. The summed E-state index contributed by atoms with van der Waals surface area (Å²) in [6.45, 7) is 0.536. The van der Waals surface area contributed by atoms with Gasteiger partial charge in [-0.1, -0.05) is 0 Å². The van der Waals surface area contributed by atoms with Crippen molar-refractivity contribution in [3.63, 3.8) is 0 Å². The number of benzene rings is 2. The highest BCUT2D eigenvalue weighted by atomic mass is 79.9. The van der Waals surface area contributed by atoms with Gasteiger partial charge in [0, 0.05) is 4.88 Å². The third kappa shape index (κ3) is 4.08. The molecule has 0 aliphatic carbocycles. The van der Waals surface area contributed by atoms with Crippen molar-refractivity contribution in [1.29, 1.82) is 0 Å². The number of hydrogen-bond acceptors (Lipinski definition) is 3. The highest BCUT2D eigenvalue weighted by molar-refractivity contribution is 9.11. The summed E-state index contributed by atoms with van der Waals surface area (Å²) in [6, 6.07) is 17.3. The minimum atomic E-state index is -0.281. The van der Waals surface area contributed by atoms with Crippen LogP contribution in [0.15, 0.2) is 64.5 Å². The molecule has 3 aromatic rings. The fraction of sp³-hybridized carbons (Fsp3) is 0.0588. The van der Waals surface area contributed by atoms with Crippen LogP contribution in [0.25, 0.3) is 0 Å². The van der Waals surface area contributed by atoms with Crippen LogP contribution in [0.2, 0.25) is 0 Å². The number of thiophene rings is 1. The second kappa shape index (κ2) is 6.94. The first-order valence-corrected chi connectivity index (χ1v) is 8.20. The molecule has 0 N–H and O–H groups in total. The zero-order valence-electron chi connectivity index (χ0n) is 11.5. The molecule has 0 spiro atoms. The molecule has 2 aromatic carbocycles. The van der Waals surface area contributed by atoms with Gasteiger partial charge in [-0.15, -0.1) is 11.3 Å². The van der Waals surface area contributed by atoms with E-state index in [1.165, 1.54) is 12.1 Å². The molecule has 1 heterocycles. The van der Waals surface area contributed by atoms with Crippen molar-refractivity contribution >= 4 is 27.3 Å². The second-order valence-corrected chi connectivity index (χ2v) is 7.07. The Hall–Kier alpha value is -1.85. The van der Waals surface area contributed by atoms with E-state index in [1.807, 2.05) is 36.4 Å². The lowest BCUT2D eigenvalue weighted by Crippen LogP contribution is -1.92. The van der Waals surface area contributed by atoms with E-state index in [4.69, 9.17) is 9.47 Å². The molecule has 0 aliphatic rings. The van der Waals surface area contributed by atoms with Crippen molar-refractivity contribution in [3.05, 3.63) is 75.1 Å². The fourth-order valence-corrected chi connectivity index (χ4v) is 3.22. The van der Waals surface area contributed by atoms with E-state index in [1.54, 1.807) is 23.5 Å². The van der Waals surface area contributed by atoms with E-state index in [0.29, 0.717) is 18.1 Å². The van der Waals surface area contributed by atoms with Crippen molar-refractivity contribution in [3.8, 4) is 17.2 Å². The monoisotopic (exact) mass is 378 g/mol. The summed E-state index contributed by atoms with van der Waals surface area (Å²) in [4.78, 5) is 1.15. The van der Waals surface area contributed by atoms with E-state index in [2.05, 4.69) is 15.9 Å². The van der Waals surface area contributed by atoms with Crippen molar-refractivity contribution in [1.82, 2.24) is 0 Å². The van der Waals surface area contributed by atoms with Gasteiger partial charge in [-0.3, -0.25) is 0 Å². The maximum atomic E-state index is 12.8. The Labute approximate surface area is 140 Å². The molecule has 22 heavy (non-hydrogen) atoms. The predicted molar refractivity (Wildman–Crippen MR) is 89.3 cm³/mol. The fourth-order valence-electron chi connectivity index (χ4n) is 1.83. The Morgan fingerprint density at radius 2 is 1.41 bits per heavy atom. The van der Waals surface area contributed by atoms with Crippen LogP contribution in [-0.4, -0.2) is 0 Å². The normalized spacial score (nSPS) is 10.5. The van der Waals surface area contributed by atoms with E-state index in [9.17, 15) is 4.39 Å². The zero-order chi connectivity index (χ0) is 15.4. The highest BCUT2D eigenvalue weighted by Crippen LogP contribution is 2.26. The molecular weight excluding hydrogens is 367 g/mol. The van der Waals surface area contributed by atoms with Gasteiger partial charge < -0.3 is 9.47 Å². The minimum Gasteiger partial charge on any atom is -0.488 e. The third-order valence-electron chi connectivity index (χ3n) is 2.88. The Balaban J connectivity index is 1.59. The predicted octanol–water partition coefficient (Wildman–Crippen LogP) is 6.02. The standard InChI is InChI=1S/C17H12BrFO2S/c18-17-10-9-16(22-17)11-20-13-5-7-15(8-6-13)21-14-3-1-12(19)2-4-14/h1-10H,11H2. The first kappa shape index (κ1) is 15.1. The highest BCUT2D eigenvalue weighted by Gasteiger charge is 2.01. The molecular formula is C17H12BrFO2S. The van der Waals surface area contributed by atoms with Crippen LogP contribution < -0.4 is 9.47 Å². The summed E-state index contributed by atoms with van der Waals surface area (Å²) in [5, 5.41) is 0. The summed E-state index contributed by atoms with van der Waals surface area (Å²) in [5.74, 6) is 1.77. The molecule has 0 unspecified atom stereocenters. The quantitative estimate of drug-likeness (QED) is 0.540. The van der Waals surface area contributed by atoms with Crippen LogP contribution in [-0.2, 0) is 6.61 Å². The molecule has 0 atom stereocenters. The van der Waals surface area contributed by atoms with Crippen LogP contribution in [0.1, 0.15) is 4.88 Å². The first-order chi connectivity index (χ1) is 10.7. The first-order valence-electron chi connectivity index (χ1n) is 6.59. The van der Waals surface area contributed by atoms with Crippen molar-refractivity contribution < 1.29 is 13.9 Å². The largest absolute Gasteiger partial charge is 0.488 e. The number of hydrogen-bond donors (Lipinski definition) is 0. The van der Waals surface area contributed by atoms with Crippen molar-refractivity contribution in [2.75, 3.05) is 0 Å². The summed E-state index contributed by atoms with van der Waals surface area (Å²) >= 11 is 5.08. The van der Waals surface area contributed by atoms with E-state index in [0.717, 1.165) is 14.4 Å². The van der Waals surface area contributed by atoms with E-state index < -0.39 is 0 Å². The van der Waals surface area contributed by atoms with Crippen molar-refractivity contribution in [2.24, 2.45) is 0 Å². The van der Waals surface area contributed by atoms with Gasteiger partial charge in [0.1, 0.15) is 29.7 Å². The Morgan fingerprint density at radius 1 is 0.818 bits per heavy atom. The van der Waals surface area contributed by atoms with Gasteiger partial charge in [0.15, 0.2) is 0 Å². The second-order valence-electron chi connectivity index (χ2n) is 4.52. The van der Waals surface area contributed by atoms with Crippen molar-refractivity contribution in [2.45, 2.75) is 6.61 Å². The molecule has 1 aromatic heterocycles. The summed E-state index contributed by atoms with van der Waals surface area (Å²) in [6.07, 6.45) is 0.